The number of pyridine rings is 1. The van der Waals surface area contributed by atoms with Gasteiger partial charge in [0.1, 0.15) is 5.82 Å². The van der Waals surface area contributed by atoms with Gasteiger partial charge in [-0.05, 0) is 92.9 Å². The van der Waals surface area contributed by atoms with Crippen molar-refractivity contribution in [1.29, 1.82) is 0 Å². The zero-order valence-electron chi connectivity index (χ0n) is 36.7. The second-order valence-electron chi connectivity index (χ2n) is 18.3. The SMILES string of the molecule is Cc1cc(-n2c3[c-]c(Oc4[c-]c(N5[CH-]N(c6ccc(C(C)(C)C)cc6)c6ccccc65)ccc4)ccc3c3ccc(C(C)(C)C)cc32)ncc1-c1ccc(-c2ccccc2)cc1.[Pt]. The Bertz CT molecular complexity index is 3100. The van der Waals surface area contributed by atoms with E-state index in [2.05, 4.69) is 215 Å². The summed E-state index contributed by atoms with van der Waals surface area (Å²) >= 11 is 0. The number of aryl methyl sites for hydroxylation is 1. The molecule has 0 spiro atoms. The van der Waals surface area contributed by atoms with Crippen molar-refractivity contribution >= 4 is 44.6 Å². The standard InChI is InChI=1S/C57H49N4O.Pt/c1-38-32-55(58-36-50(38)41-22-20-40(21-23-41)39-14-9-8-10-15-39)61-53-33-43(57(5,6)7)26-30-48(53)49-31-29-47(35-54(49)61)62-46-17-13-16-45(34-46)60-37-59(51-18-11-12-19-52(51)60)44-27-24-42(25-28-44)56(2,3)4;/h8-33,36-37H,1-7H3;/q-3;. The van der Waals surface area contributed by atoms with Gasteiger partial charge in [0.05, 0.1) is 0 Å². The van der Waals surface area contributed by atoms with E-state index in [1.54, 1.807) is 0 Å². The topological polar surface area (TPSA) is 33.5 Å². The van der Waals surface area contributed by atoms with Gasteiger partial charge in [0.2, 0.25) is 0 Å². The Morgan fingerprint density at radius 3 is 1.87 bits per heavy atom. The van der Waals surface area contributed by atoms with E-state index in [1.165, 1.54) is 22.3 Å². The molecule has 0 atom stereocenters. The Hall–Kier alpha value is -6.42. The van der Waals surface area contributed by atoms with Gasteiger partial charge >= 0.3 is 0 Å². The summed E-state index contributed by atoms with van der Waals surface area (Å²) in [5, 5.41) is 2.23. The monoisotopic (exact) mass is 1000 g/mol. The molecule has 0 bridgehead atoms. The van der Waals surface area contributed by atoms with Crippen molar-refractivity contribution in [3.8, 4) is 39.6 Å². The quantitative estimate of drug-likeness (QED) is 0.149. The Morgan fingerprint density at radius 1 is 0.556 bits per heavy atom. The first-order valence-electron chi connectivity index (χ1n) is 21.4. The fourth-order valence-corrected chi connectivity index (χ4v) is 8.51. The molecule has 0 saturated carbocycles. The minimum Gasteiger partial charge on any atom is -0.509 e. The van der Waals surface area contributed by atoms with Crippen LogP contribution in [-0.4, -0.2) is 9.55 Å². The van der Waals surface area contributed by atoms with Crippen LogP contribution in [0.15, 0.2) is 164 Å². The van der Waals surface area contributed by atoms with E-state index in [1.807, 2.05) is 30.5 Å². The summed E-state index contributed by atoms with van der Waals surface area (Å²) in [7, 11) is 0. The summed E-state index contributed by atoms with van der Waals surface area (Å²) < 4.78 is 8.88. The number of anilines is 4. The van der Waals surface area contributed by atoms with Crippen molar-refractivity contribution in [3.63, 3.8) is 0 Å². The van der Waals surface area contributed by atoms with Crippen LogP contribution in [0, 0.1) is 25.7 Å². The third kappa shape index (κ3) is 7.96. The summed E-state index contributed by atoms with van der Waals surface area (Å²) in [4.78, 5) is 9.55. The van der Waals surface area contributed by atoms with Crippen molar-refractivity contribution in [2.75, 3.05) is 9.80 Å². The molecule has 1 aliphatic heterocycles. The van der Waals surface area contributed by atoms with Crippen LogP contribution >= 0.6 is 0 Å². The number of hydrogen-bond acceptors (Lipinski definition) is 4. The van der Waals surface area contributed by atoms with E-state index in [-0.39, 0.29) is 31.9 Å². The van der Waals surface area contributed by atoms with E-state index < -0.39 is 0 Å². The van der Waals surface area contributed by atoms with Crippen molar-refractivity contribution in [2.45, 2.75) is 59.3 Å². The molecule has 9 aromatic rings. The van der Waals surface area contributed by atoms with E-state index in [0.717, 1.165) is 67.1 Å². The first-order valence-corrected chi connectivity index (χ1v) is 21.4. The molecule has 1 aliphatic rings. The Labute approximate surface area is 385 Å². The summed E-state index contributed by atoms with van der Waals surface area (Å²) in [5.41, 5.74) is 14.5. The minimum atomic E-state index is -0.0331. The van der Waals surface area contributed by atoms with Crippen LogP contribution in [0.1, 0.15) is 58.2 Å². The molecule has 0 aliphatic carbocycles. The first kappa shape index (κ1) is 41.9. The third-order valence-corrected chi connectivity index (χ3v) is 12.0. The number of ether oxygens (including phenoxy) is 1. The van der Waals surface area contributed by atoms with Gasteiger partial charge < -0.3 is 19.1 Å². The van der Waals surface area contributed by atoms with Crippen molar-refractivity contribution in [1.82, 2.24) is 9.55 Å². The Kier molecular flexibility index (Phi) is 10.9. The molecule has 0 fully saturated rings. The molecule has 10 rings (SSSR count). The Balaban J connectivity index is 0.00000504. The molecule has 0 radical (unpaired) electrons. The van der Waals surface area contributed by atoms with Crippen LogP contribution < -0.4 is 14.5 Å². The largest absolute Gasteiger partial charge is 0.509 e. The van der Waals surface area contributed by atoms with E-state index in [0.29, 0.717) is 11.5 Å². The molecular weight excluding hydrogens is 952 g/mol. The van der Waals surface area contributed by atoms with Gasteiger partial charge in [-0.25, -0.2) is 4.98 Å². The number of aromatic nitrogens is 2. The smallest absolute Gasteiger partial charge is 0.135 e. The molecule has 0 amide bonds. The first-order chi connectivity index (χ1) is 29.9. The van der Waals surface area contributed by atoms with Crippen LogP contribution in [0.25, 0.3) is 49.9 Å². The third-order valence-electron chi connectivity index (χ3n) is 12.0. The van der Waals surface area contributed by atoms with Gasteiger partial charge in [0.15, 0.2) is 0 Å². The van der Waals surface area contributed by atoms with E-state index >= 15 is 0 Å². The molecule has 2 aromatic heterocycles. The predicted octanol–water partition coefficient (Wildman–Crippen LogP) is 15.2. The number of hydrogen-bond donors (Lipinski definition) is 0. The maximum Gasteiger partial charge on any atom is 0.135 e. The summed E-state index contributed by atoms with van der Waals surface area (Å²) in [6.45, 7) is 17.8. The van der Waals surface area contributed by atoms with Crippen LogP contribution in [0.4, 0.5) is 22.7 Å². The van der Waals surface area contributed by atoms with E-state index in [4.69, 9.17) is 9.72 Å². The van der Waals surface area contributed by atoms with Crippen molar-refractivity contribution in [3.05, 3.63) is 199 Å². The average Bonchev–Trinajstić information content (AvgIpc) is 3.82. The number of benzene rings is 7. The van der Waals surface area contributed by atoms with Gasteiger partial charge in [-0.1, -0.05) is 138 Å². The molecule has 6 heteroatoms. The van der Waals surface area contributed by atoms with Crippen LogP contribution in [-0.2, 0) is 31.9 Å². The zero-order valence-corrected chi connectivity index (χ0v) is 39.0. The van der Waals surface area contributed by atoms with Crippen molar-refractivity contribution < 1.29 is 25.8 Å². The number of rotatable bonds is 7. The predicted molar refractivity (Wildman–Crippen MR) is 257 cm³/mol. The van der Waals surface area contributed by atoms with Crippen LogP contribution in [0.2, 0.25) is 0 Å². The molecule has 316 valence electrons. The number of fused-ring (bicyclic) bond motifs is 4. The maximum atomic E-state index is 6.64. The van der Waals surface area contributed by atoms with Gasteiger partial charge in [-0.3, -0.25) is 0 Å². The fraction of sp³-hybridized carbons (Fsp3) is 0.158. The van der Waals surface area contributed by atoms with Gasteiger partial charge in [0, 0.05) is 66.9 Å². The number of nitrogens with zero attached hydrogens (tertiary/aromatic N) is 4. The second kappa shape index (κ2) is 16.4. The summed E-state index contributed by atoms with van der Waals surface area (Å²) in [6.07, 6.45) is 2.00. The van der Waals surface area contributed by atoms with Gasteiger partial charge in [-0.15, -0.1) is 48.1 Å². The molecule has 0 unspecified atom stereocenters. The molecule has 0 saturated heterocycles. The van der Waals surface area contributed by atoms with Crippen molar-refractivity contribution in [2.24, 2.45) is 0 Å². The average molecular weight is 1000 g/mol. The van der Waals surface area contributed by atoms with Gasteiger partial charge in [0.25, 0.3) is 0 Å². The maximum absolute atomic E-state index is 6.64. The molecule has 63 heavy (non-hydrogen) atoms. The molecule has 7 aromatic carbocycles. The Morgan fingerprint density at radius 2 is 1.17 bits per heavy atom. The van der Waals surface area contributed by atoms with Crippen LogP contribution in [0.5, 0.6) is 11.5 Å². The van der Waals surface area contributed by atoms with Gasteiger partial charge in [-0.2, -0.15) is 12.1 Å². The summed E-state index contributed by atoms with van der Waals surface area (Å²) in [6, 6.07) is 63.0. The molecule has 0 N–H and O–H groups in total. The fourth-order valence-electron chi connectivity index (χ4n) is 8.51. The van der Waals surface area contributed by atoms with E-state index in [9.17, 15) is 0 Å². The normalized spacial score (nSPS) is 12.7. The number of para-hydroxylation sites is 2. The second-order valence-corrected chi connectivity index (χ2v) is 18.3. The molecule has 5 nitrogen and oxygen atoms in total. The molecule has 3 heterocycles. The zero-order chi connectivity index (χ0) is 42.8. The minimum absolute atomic E-state index is 0. The van der Waals surface area contributed by atoms with Crippen LogP contribution in [0.3, 0.4) is 0 Å². The summed E-state index contributed by atoms with van der Waals surface area (Å²) in [5.74, 6) is 2.04. The molecular formula is C57H49N4OPt-3.